The van der Waals surface area contributed by atoms with Crippen LogP contribution in [0.1, 0.15) is 36.0 Å². The second kappa shape index (κ2) is 5.42. The Morgan fingerprint density at radius 1 is 1.33 bits per heavy atom. The molecule has 2 aliphatic rings. The molecule has 1 saturated carbocycles. The molecular formula is C15H20N4O2. The fourth-order valence-electron chi connectivity index (χ4n) is 3.87. The summed E-state index contributed by atoms with van der Waals surface area (Å²) in [5, 5.41) is 2.77. The molecule has 2 fully saturated rings. The fraction of sp³-hybridized carbons (Fsp3) is 0.600. The molecular weight excluding hydrogens is 268 g/mol. The van der Waals surface area contributed by atoms with E-state index in [4.69, 9.17) is 0 Å². The zero-order chi connectivity index (χ0) is 14.9. The van der Waals surface area contributed by atoms with Gasteiger partial charge in [0.25, 0.3) is 5.91 Å². The summed E-state index contributed by atoms with van der Waals surface area (Å²) in [6.07, 6.45) is 8.44. The monoisotopic (exact) mass is 288 g/mol. The molecule has 0 aromatic carbocycles. The minimum absolute atomic E-state index is 0.0324. The molecule has 6 heteroatoms. The summed E-state index contributed by atoms with van der Waals surface area (Å²) in [4.78, 5) is 34.2. The smallest absolute Gasteiger partial charge is 0.257 e. The Morgan fingerprint density at radius 2 is 2.10 bits per heavy atom. The lowest BCUT2D eigenvalue weighted by molar-refractivity contribution is -0.127. The highest BCUT2D eigenvalue weighted by Crippen LogP contribution is 2.49. The lowest BCUT2D eigenvalue weighted by atomic mass is 9.76. The molecule has 1 aliphatic carbocycles. The van der Waals surface area contributed by atoms with Gasteiger partial charge in [-0.05, 0) is 19.3 Å². The number of amides is 2. The Balaban J connectivity index is 1.76. The highest BCUT2D eigenvalue weighted by Gasteiger charge is 2.51. The SMILES string of the molecule is CNC(=O)C1CCCC12CCN(C(=O)c1cncnc1)C2. The Kier molecular flexibility index (Phi) is 3.61. The summed E-state index contributed by atoms with van der Waals surface area (Å²) >= 11 is 0. The second-order valence-electron chi connectivity index (χ2n) is 6.03. The number of carbonyl (C=O) groups is 2. The van der Waals surface area contributed by atoms with E-state index < -0.39 is 0 Å². The molecule has 1 aromatic heterocycles. The van der Waals surface area contributed by atoms with Gasteiger partial charge < -0.3 is 10.2 Å². The first-order valence-electron chi connectivity index (χ1n) is 7.42. The quantitative estimate of drug-likeness (QED) is 0.875. The van der Waals surface area contributed by atoms with Crippen LogP contribution in [0.4, 0.5) is 0 Å². The number of aromatic nitrogens is 2. The Bertz CT molecular complexity index is 548. The average molecular weight is 288 g/mol. The highest BCUT2D eigenvalue weighted by atomic mass is 16.2. The molecule has 1 aliphatic heterocycles. The van der Waals surface area contributed by atoms with E-state index in [1.807, 2.05) is 4.90 Å². The third-order valence-electron chi connectivity index (χ3n) is 4.95. The van der Waals surface area contributed by atoms with Gasteiger partial charge in [0.05, 0.1) is 5.56 Å². The van der Waals surface area contributed by atoms with E-state index in [-0.39, 0.29) is 23.1 Å². The van der Waals surface area contributed by atoms with Gasteiger partial charge in [-0.2, -0.15) is 0 Å². The number of hydrogen-bond donors (Lipinski definition) is 1. The van der Waals surface area contributed by atoms with E-state index >= 15 is 0 Å². The molecule has 2 amide bonds. The summed E-state index contributed by atoms with van der Waals surface area (Å²) in [5.41, 5.74) is 0.481. The van der Waals surface area contributed by atoms with Crippen molar-refractivity contribution in [3.8, 4) is 0 Å². The molecule has 112 valence electrons. The Hall–Kier alpha value is -1.98. The van der Waals surface area contributed by atoms with Crippen molar-refractivity contribution >= 4 is 11.8 Å². The maximum atomic E-state index is 12.5. The van der Waals surface area contributed by atoms with Gasteiger partial charge in [-0.15, -0.1) is 0 Å². The van der Waals surface area contributed by atoms with Crippen LogP contribution in [-0.4, -0.2) is 46.8 Å². The van der Waals surface area contributed by atoms with E-state index in [9.17, 15) is 9.59 Å². The number of rotatable bonds is 2. The van der Waals surface area contributed by atoms with Crippen LogP contribution in [-0.2, 0) is 4.79 Å². The van der Waals surface area contributed by atoms with E-state index in [0.717, 1.165) is 25.7 Å². The zero-order valence-corrected chi connectivity index (χ0v) is 12.2. The fourth-order valence-corrected chi connectivity index (χ4v) is 3.87. The van der Waals surface area contributed by atoms with Gasteiger partial charge in [-0.1, -0.05) is 6.42 Å². The topological polar surface area (TPSA) is 75.2 Å². The van der Waals surface area contributed by atoms with Gasteiger partial charge in [0, 0.05) is 43.9 Å². The standard InChI is InChI=1S/C15H20N4O2/c1-16-13(20)12-3-2-4-15(12)5-6-19(9-15)14(21)11-7-17-10-18-8-11/h7-8,10,12H,2-6,9H2,1H3,(H,16,20). The molecule has 1 spiro atoms. The van der Waals surface area contributed by atoms with Crippen molar-refractivity contribution in [2.45, 2.75) is 25.7 Å². The molecule has 21 heavy (non-hydrogen) atoms. The van der Waals surface area contributed by atoms with Crippen LogP contribution in [0.15, 0.2) is 18.7 Å². The predicted molar refractivity (Wildman–Crippen MR) is 76.4 cm³/mol. The molecule has 2 heterocycles. The number of nitrogens with one attached hydrogen (secondary N) is 1. The van der Waals surface area contributed by atoms with Crippen molar-refractivity contribution in [2.75, 3.05) is 20.1 Å². The van der Waals surface area contributed by atoms with Gasteiger partial charge in [-0.25, -0.2) is 9.97 Å². The highest BCUT2D eigenvalue weighted by molar-refractivity contribution is 5.94. The lowest BCUT2D eigenvalue weighted by Gasteiger charge is -2.30. The van der Waals surface area contributed by atoms with Crippen molar-refractivity contribution in [1.82, 2.24) is 20.2 Å². The minimum atomic E-state index is -0.0363. The molecule has 0 bridgehead atoms. The third-order valence-corrected chi connectivity index (χ3v) is 4.95. The van der Waals surface area contributed by atoms with Crippen molar-refractivity contribution in [3.05, 3.63) is 24.3 Å². The largest absolute Gasteiger partial charge is 0.359 e. The molecule has 2 unspecified atom stereocenters. The van der Waals surface area contributed by atoms with Gasteiger partial charge in [-0.3, -0.25) is 9.59 Å². The van der Waals surface area contributed by atoms with Crippen LogP contribution in [0.25, 0.3) is 0 Å². The molecule has 2 atom stereocenters. The van der Waals surface area contributed by atoms with Crippen molar-refractivity contribution in [3.63, 3.8) is 0 Å². The van der Waals surface area contributed by atoms with Gasteiger partial charge in [0.2, 0.25) is 5.91 Å². The average Bonchev–Trinajstić information content (AvgIpc) is 3.14. The summed E-state index contributed by atoms with van der Waals surface area (Å²) in [7, 11) is 1.69. The van der Waals surface area contributed by atoms with Gasteiger partial charge >= 0.3 is 0 Å². The zero-order valence-electron chi connectivity index (χ0n) is 12.2. The molecule has 3 rings (SSSR count). The van der Waals surface area contributed by atoms with E-state index in [1.165, 1.54) is 6.33 Å². The molecule has 6 nitrogen and oxygen atoms in total. The van der Waals surface area contributed by atoms with Crippen molar-refractivity contribution in [2.24, 2.45) is 11.3 Å². The Labute approximate surface area is 124 Å². The maximum absolute atomic E-state index is 12.5. The number of carbonyl (C=O) groups excluding carboxylic acids is 2. The van der Waals surface area contributed by atoms with Crippen LogP contribution < -0.4 is 5.32 Å². The molecule has 1 saturated heterocycles. The van der Waals surface area contributed by atoms with E-state index in [0.29, 0.717) is 18.7 Å². The van der Waals surface area contributed by atoms with Crippen LogP contribution in [0.2, 0.25) is 0 Å². The number of hydrogen-bond acceptors (Lipinski definition) is 4. The number of nitrogens with zero attached hydrogens (tertiary/aromatic N) is 3. The summed E-state index contributed by atoms with van der Waals surface area (Å²) in [5.74, 6) is 0.118. The summed E-state index contributed by atoms with van der Waals surface area (Å²) < 4.78 is 0. The summed E-state index contributed by atoms with van der Waals surface area (Å²) in [6.45, 7) is 1.38. The first-order chi connectivity index (χ1) is 10.2. The minimum Gasteiger partial charge on any atom is -0.359 e. The van der Waals surface area contributed by atoms with Crippen molar-refractivity contribution < 1.29 is 9.59 Å². The van der Waals surface area contributed by atoms with Crippen LogP contribution >= 0.6 is 0 Å². The van der Waals surface area contributed by atoms with Crippen LogP contribution in [0.5, 0.6) is 0 Å². The first-order valence-corrected chi connectivity index (χ1v) is 7.42. The first kappa shape index (κ1) is 14.0. The lowest BCUT2D eigenvalue weighted by Crippen LogP contribution is -2.40. The van der Waals surface area contributed by atoms with E-state index in [2.05, 4.69) is 15.3 Å². The molecule has 0 radical (unpaired) electrons. The maximum Gasteiger partial charge on any atom is 0.257 e. The second-order valence-corrected chi connectivity index (χ2v) is 6.03. The third kappa shape index (κ3) is 2.39. The summed E-state index contributed by atoms with van der Waals surface area (Å²) in [6, 6.07) is 0. The molecule has 1 aromatic rings. The van der Waals surface area contributed by atoms with Crippen LogP contribution in [0, 0.1) is 11.3 Å². The normalized spacial score (nSPS) is 28.0. The van der Waals surface area contributed by atoms with Gasteiger partial charge in [0.1, 0.15) is 6.33 Å². The van der Waals surface area contributed by atoms with E-state index in [1.54, 1.807) is 19.4 Å². The van der Waals surface area contributed by atoms with Crippen LogP contribution in [0.3, 0.4) is 0 Å². The predicted octanol–water partition coefficient (Wildman–Crippen LogP) is 0.855. The Morgan fingerprint density at radius 3 is 2.81 bits per heavy atom. The molecule has 1 N–H and O–H groups in total. The van der Waals surface area contributed by atoms with Gasteiger partial charge in [0.15, 0.2) is 0 Å². The number of likely N-dealkylation sites (tertiary alicyclic amines) is 1. The van der Waals surface area contributed by atoms with Crippen molar-refractivity contribution in [1.29, 1.82) is 0 Å².